The van der Waals surface area contributed by atoms with Crippen molar-refractivity contribution in [1.29, 1.82) is 0 Å². The van der Waals surface area contributed by atoms with Gasteiger partial charge in [-0.3, -0.25) is 14.4 Å². The first-order valence-corrected chi connectivity index (χ1v) is 9.45. The Morgan fingerprint density at radius 3 is 2.82 bits per heavy atom. The highest BCUT2D eigenvalue weighted by Gasteiger charge is 2.39. The Bertz CT molecular complexity index is 960. The van der Waals surface area contributed by atoms with Gasteiger partial charge in [0, 0.05) is 37.9 Å². The van der Waals surface area contributed by atoms with Crippen molar-refractivity contribution < 1.29 is 9.21 Å². The van der Waals surface area contributed by atoms with E-state index in [2.05, 4.69) is 58.4 Å². The van der Waals surface area contributed by atoms with Gasteiger partial charge >= 0.3 is 0 Å². The quantitative estimate of drug-likeness (QED) is 0.738. The van der Waals surface area contributed by atoms with Crippen molar-refractivity contribution in [2.24, 2.45) is 7.05 Å². The van der Waals surface area contributed by atoms with Gasteiger partial charge in [0.15, 0.2) is 5.69 Å². The molecule has 1 amide bonds. The second-order valence-electron chi connectivity index (χ2n) is 7.99. The maximum absolute atomic E-state index is 12.7. The highest BCUT2D eigenvalue weighted by molar-refractivity contribution is 5.92. The number of nitrogens with zero attached hydrogens (tertiary/aromatic N) is 4. The number of benzene rings is 1. The average molecular weight is 379 g/mol. The molecule has 1 unspecified atom stereocenters. The summed E-state index contributed by atoms with van der Waals surface area (Å²) in [7, 11) is 1.82. The molecule has 1 aliphatic rings. The zero-order chi connectivity index (χ0) is 19.7. The van der Waals surface area contributed by atoms with Gasteiger partial charge in [0.2, 0.25) is 5.89 Å². The number of carbonyl (C=O) groups is 1. The SMILES string of the molecule is Cn1cc(-c2nc(C(=O)NC3CN(Cc4ccccc4)C(C)(C)C3)co2)cn1. The number of hydrogen-bond donors (Lipinski definition) is 1. The Labute approximate surface area is 164 Å². The molecule has 1 saturated heterocycles. The molecular weight excluding hydrogens is 354 g/mol. The van der Waals surface area contributed by atoms with Crippen LogP contribution in [0, 0.1) is 0 Å². The summed E-state index contributed by atoms with van der Waals surface area (Å²) < 4.78 is 7.12. The van der Waals surface area contributed by atoms with Gasteiger partial charge in [0.1, 0.15) is 6.26 Å². The summed E-state index contributed by atoms with van der Waals surface area (Å²) in [4.78, 5) is 19.4. The third-order valence-electron chi connectivity index (χ3n) is 5.28. The van der Waals surface area contributed by atoms with E-state index in [-0.39, 0.29) is 23.2 Å². The Balaban J connectivity index is 1.40. The van der Waals surface area contributed by atoms with Crippen molar-refractivity contribution in [3.8, 4) is 11.5 Å². The minimum atomic E-state index is -0.207. The number of oxazole rings is 1. The van der Waals surface area contributed by atoms with Crippen LogP contribution in [-0.2, 0) is 13.6 Å². The molecule has 7 heteroatoms. The molecule has 0 bridgehead atoms. The van der Waals surface area contributed by atoms with Crippen molar-refractivity contribution in [3.05, 3.63) is 60.2 Å². The zero-order valence-electron chi connectivity index (χ0n) is 16.4. The first-order valence-electron chi connectivity index (χ1n) is 9.45. The van der Waals surface area contributed by atoms with Crippen LogP contribution in [0.25, 0.3) is 11.5 Å². The van der Waals surface area contributed by atoms with E-state index in [0.29, 0.717) is 5.89 Å². The van der Waals surface area contributed by atoms with Gasteiger partial charge in [-0.25, -0.2) is 4.98 Å². The second kappa shape index (κ2) is 7.24. The lowest BCUT2D eigenvalue weighted by Crippen LogP contribution is -2.38. The van der Waals surface area contributed by atoms with Crippen molar-refractivity contribution in [3.63, 3.8) is 0 Å². The smallest absolute Gasteiger partial charge is 0.273 e. The Kier molecular flexibility index (Phi) is 4.77. The number of carbonyl (C=O) groups excluding carboxylic acids is 1. The molecule has 3 heterocycles. The molecule has 146 valence electrons. The lowest BCUT2D eigenvalue weighted by atomic mass is 9.99. The van der Waals surface area contributed by atoms with Crippen LogP contribution in [0.5, 0.6) is 0 Å². The van der Waals surface area contributed by atoms with Gasteiger partial charge in [0.25, 0.3) is 5.91 Å². The molecule has 1 aromatic carbocycles. The van der Waals surface area contributed by atoms with Gasteiger partial charge in [0.05, 0.1) is 11.8 Å². The van der Waals surface area contributed by atoms with Crippen molar-refractivity contribution in [2.45, 2.75) is 38.4 Å². The molecule has 3 aromatic rings. The fraction of sp³-hybridized carbons (Fsp3) is 0.381. The first-order chi connectivity index (χ1) is 13.4. The maximum atomic E-state index is 12.7. The van der Waals surface area contributed by atoms with E-state index in [1.54, 1.807) is 17.1 Å². The van der Waals surface area contributed by atoms with Crippen LogP contribution < -0.4 is 5.32 Å². The summed E-state index contributed by atoms with van der Waals surface area (Å²) >= 11 is 0. The number of hydrogen-bond acceptors (Lipinski definition) is 5. The van der Waals surface area contributed by atoms with E-state index in [1.165, 1.54) is 11.8 Å². The van der Waals surface area contributed by atoms with E-state index < -0.39 is 0 Å². The number of aromatic nitrogens is 3. The molecule has 1 fully saturated rings. The van der Waals surface area contributed by atoms with Crippen LogP contribution in [-0.4, -0.2) is 43.7 Å². The molecular formula is C21H25N5O2. The largest absolute Gasteiger partial charge is 0.444 e. The molecule has 1 aliphatic heterocycles. The standard InChI is InChI=1S/C21H25N5O2/c1-21(2)9-17(13-26(21)11-15-7-5-4-6-8-15)23-19(27)18-14-28-20(24-18)16-10-22-25(3)12-16/h4-8,10,12,14,17H,9,11,13H2,1-3H3,(H,23,27). The van der Waals surface area contributed by atoms with Gasteiger partial charge in [-0.15, -0.1) is 0 Å². The molecule has 2 aromatic heterocycles. The Hall–Kier alpha value is -2.93. The van der Waals surface area contributed by atoms with Gasteiger partial charge in [-0.2, -0.15) is 5.10 Å². The van der Waals surface area contributed by atoms with Crippen LogP contribution in [0.15, 0.2) is 53.4 Å². The summed E-state index contributed by atoms with van der Waals surface area (Å²) in [6.07, 6.45) is 5.75. The van der Waals surface area contributed by atoms with Gasteiger partial charge in [-0.05, 0) is 25.8 Å². The highest BCUT2D eigenvalue weighted by Crippen LogP contribution is 2.30. The van der Waals surface area contributed by atoms with E-state index in [4.69, 9.17) is 4.42 Å². The highest BCUT2D eigenvalue weighted by atomic mass is 16.3. The second-order valence-corrected chi connectivity index (χ2v) is 7.99. The number of amides is 1. The van der Waals surface area contributed by atoms with Gasteiger partial charge < -0.3 is 9.73 Å². The molecule has 0 spiro atoms. The molecule has 0 saturated carbocycles. The molecule has 0 aliphatic carbocycles. The average Bonchev–Trinajstić information content (AvgIpc) is 3.35. The third kappa shape index (κ3) is 3.84. The summed E-state index contributed by atoms with van der Waals surface area (Å²) in [6.45, 7) is 6.12. The number of likely N-dealkylation sites (tertiary alicyclic amines) is 1. The molecule has 1 N–H and O–H groups in total. The zero-order valence-corrected chi connectivity index (χ0v) is 16.4. The molecule has 4 rings (SSSR count). The lowest BCUT2D eigenvalue weighted by molar-refractivity contribution is 0.0932. The van der Waals surface area contributed by atoms with Crippen LogP contribution in [0.2, 0.25) is 0 Å². The Morgan fingerprint density at radius 2 is 2.11 bits per heavy atom. The molecule has 28 heavy (non-hydrogen) atoms. The number of rotatable bonds is 5. The van der Waals surface area contributed by atoms with E-state index in [0.717, 1.165) is 25.1 Å². The topological polar surface area (TPSA) is 76.2 Å². The van der Waals surface area contributed by atoms with Crippen LogP contribution in [0.1, 0.15) is 36.3 Å². The minimum Gasteiger partial charge on any atom is -0.444 e. The predicted molar refractivity (Wildman–Crippen MR) is 106 cm³/mol. The number of nitrogens with one attached hydrogen (secondary N) is 1. The fourth-order valence-corrected chi connectivity index (χ4v) is 3.79. The number of aryl methyl sites for hydroxylation is 1. The molecule has 0 radical (unpaired) electrons. The van der Waals surface area contributed by atoms with Crippen molar-refractivity contribution in [2.75, 3.05) is 6.54 Å². The first kappa shape index (κ1) is 18.4. The normalized spacial score (nSPS) is 19.0. The molecule has 7 nitrogen and oxygen atoms in total. The van der Waals surface area contributed by atoms with Crippen LogP contribution >= 0.6 is 0 Å². The van der Waals surface area contributed by atoms with Crippen LogP contribution in [0.3, 0.4) is 0 Å². The minimum absolute atomic E-state index is 0.0124. The molecule has 1 atom stereocenters. The predicted octanol–water partition coefficient (Wildman–Crippen LogP) is 2.86. The van der Waals surface area contributed by atoms with Crippen molar-refractivity contribution >= 4 is 5.91 Å². The van der Waals surface area contributed by atoms with Gasteiger partial charge in [-0.1, -0.05) is 30.3 Å². The van der Waals surface area contributed by atoms with E-state index >= 15 is 0 Å². The summed E-state index contributed by atoms with van der Waals surface area (Å²) in [5.74, 6) is 0.192. The fourth-order valence-electron chi connectivity index (χ4n) is 3.79. The van der Waals surface area contributed by atoms with Crippen molar-refractivity contribution in [1.82, 2.24) is 25.0 Å². The van der Waals surface area contributed by atoms with E-state index in [1.807, 2.05) is 13.1 Å². The van der Waals surface area contributed by atoms with E-state index in [9.17, 15) is 4.79 Å². The summed E-state index contributed by atoms with van der Waals surface area (Å²) in [6, 6.07) is 10.5. The summed E-state index contributed by atoms with van der Waals surface area (Å²) in [5.41, 5.74) is 2.33. The Morgan fingerprint density at radius 1 is 1.32 bits per heavy atom. The van der Waals surface area contributed by atoms with Crippen LogP contribution in [0.4, 0.5) is 0 Å². The monoisotopic (exact) mass is 379 g/mol. The third-order valence-corrected chi connectivity index (χ3v) is 5.28. The lowest BCUT2D eigenvalue weighted by Gasteiger charge is -2.31. The summed E-state index contributed by atoms with van der Waals surface area (Å²) in [5, 5.41) is 7.21. The maximum Gasteiger partial charge on any atom is 0.273 e.